The van der Waals surface area contributed by atoms with Gasteiger partial charge in [-0.2, -0.15) is 0 Å². The van der Waals surface area contributed by atoms with Gasteiger partial charge >= 0.3 is 5.97 Å². The molecule has 2 nitrogen and oxygen atoms in total. The smallest absolute Gasteiger partial charge is 0.303 e. The Labute approximate surface area is 148 Å². The van der Waals surface area contributed by atoms with Crippen LogP contribution >= 0.6 is 12.4 Å². The van der Waals surface area contributed by atoms with Crippen molar-refractivity contribution in [3.63, 3.8) is 0 Å². The van der Waals surface area contributed by atoms with E-state index < -0.39 is 5.97 Å². The van der Waals surface area contributed by atoms with Crippen LogP contribution in [-0.4, -0.2) is 11.1 Å². The van der Waals surface area contributed by atoms with Crippen LogP contribution in [0.5, 0.6) is 0 Å². The summed E-state index contributed by atoms with van der Waals surface area (Å²) in [6, 6.07) is 0. The lowest BCUT2D eigenvalue weighted by atomic mass is 10.2. The summed E-state index contributed by atoms with van der Waals surface area (Å²) >= 11 is 0. The number of halogens is 1. The maximum Gasteiger partial charge on any atom is 0.303 e. The first-order valence-electron chi connectivity index (χ1n) is 8.59. The fourth-order valence-corrected chi connectivity index (χ4v) is 1.93. The first kappa shape index (κ1) is 24.0. The van der Waals surface area contributed by atoms with Crippen LogP contribution in [0, 0.1) is 0 Å². The van der Waals surface area contributed by atoms with Crippen LogP contribution in [0.4, 0.5) is 0 Å². The van der Waals surface area contributed by atoms with Crippen LogP contribution in [0.2, 0.25) is 0 Å². The Morgan fingerprint density at radius 1 is 0.739 bits per heavy atom. The third-order valence-electron chi connectivity index (χ3n) is 3.22. The van der Waals surface area contributed by atoms with E-state index in [1.54, 1.807) is 0 Å². The van der Waals surface area contributed by atoms with E-state index >= 15 is 0 Å². The highest BCUT2D eigenvalue weighted by molar-refractivity contribution is 5.85. The Hall–Kier alpha value is -1.28. The molecule has 0 heterocycles. The van der Waals surface area contributed by atoms with E-state index in [0.717, 1.165) is 32.1 Å². The minimum absolute atomic E-state index is 0. The van der Waals surface area contributed by atoms with Crippen molar-refractivity contribution in [3.05, 3.63) is 48.6 Å². The fraction of sp³-hybridized carbons (Fsp3) is 0.550. The molecule has 3 heteroatoms. The number of hydrogen-bond acceptors (Lipinski definition) is 1. The van der Waals surface area contributed by atoms with Gasteiger partial charge < -0.3 is 5.11 Å². The van der Waals surface area contributed by atoms with Gasteiger partial charge in [-0.1, -0.05) is 68.4 Å². The van der Waals surface area contributed by atoms with Gasteiger partial charge in [0.25, 0.3) is 0 Å². The Morgan fingerprint density at radius 2 is 1.17 bits per heavy atom. The molecule has 0 aliphatic rings. The second-order valence-corrected chi connectivity index (χ2v) is 5.37. The third-order valence-corrected chi connectivity index (χ3v) is 3.22. The molecule has 0 fully saturated rings. The SMILES string of the molecule is CCCCCC=CCC=CCC=CCC=CCCCC(=O)O.Cl. The first-order valence-corrected chi connectivity index (χ1v) is 8.59. The second-order valence-electron chi connectivity index (χ2n) is 5.37. The van der Waals surface area contributed by atoms with Crippen LogP contribution in [-0.2, 0) is 4.79 Å². The Morgan fingerprint density at radius 3 is 1.61 bits per heavy atom. The molecule has 0 aliphatic carbocycles. The maximum atomic E-state index is 10.3. The standard InChI is InChI=1S/C20H32O2.ClH/c1-2-3-4-5-6-7-8-9-10-11-12-13-14-15-16-17-18-19-20(21)22;/h6-7,9-10,12-13,15-16H,2-5,8,11,14,17-19H2,1H3,(H,21,22);1H. The van der Waals surface area contributed by atoms with Crippen LogP contribution in [0.25, 0.3) is 0 Å². The molecule has 0 aromatic heterocycles. The molecular formula is C20H33ClO2. The number of carboxylic acids is 1. The zero-order valence-electron chi connectivity index (χ0n) is 14.5. The lowest BCUT2D eigenvalue weighted by Gasteiger charge is -1.90. The summed E-state index contributed by atoms with van der Waals surface area (Å²) in [7, 11) is 0. The summed E-state index contributed by atoms with van der Waals surface area (Å²) in [6.07, 6.45) is 27.3. The van der Waals surface area contributed by atoms with E-state index in [-0.39, 0.29) is 18.8 Å². The summed E-state index contributed by atoms with van der Waals surface area (Å²) in [5, 5.41) is 8.49. The largest absolute Gasteiger partial charge is 0.481 e. The lowest BCUT2D eigenvalue weighted by Crippen LogP contribution is -1.92. The lowest BCUT2D eigenvalue weighted by molar-refractivity contribution is -0.137. The summed E-state index contributed by atoms with van der Waals surface area (Å²) in [5.41, 5.74) is 0. The van der Waals surface area contributed by atoms with E-state index in [1.807, 2.05) is 0 Å². The topological polar surface area (TPSA) is 37.3 Å². The summed E-state index contributed by atoms with van der Waals surface area (Å²) in [4.78, 5) is 10.3. The second kappa shape index (κ2) is 20.7. The van der Waals surface area contributed by atoms with E-state index in [1.165, 1.54) is 25.7 Å². The van der Waals surface area contributed by atoms with Gasteiger partial charge in [0.1, 0.15) is 0 Å². The molecular weight excluding hydrogens is 308 g/mol. The van der Waals surface area contributed by atoms with Crippen LogP contribution in [0.3, 0.4) is 0 Å². The molecule has 23 heavy (non-hydrogen) atoms. The molecule has 0 aliphatic heterocycles. The van der Waals surface area contributed by atoms with E-state index in [0.29, 0.717) is 0 Å². The summed E-state index contributed by atoms with van der Waals surface area (Å²) in [5.74, 6) is -0.712. The van der Waals surface area contributed by atoms with Gasteiger partial charge in [-0.3, -0.25) is 4.79 Å². The van der Waals surface area contributed by atoms with E-state index in [4.69, 9.17) is 5.11 Å². The molecule has 0 atom stereocenters. The van der Waals surface area contributed by atoms with Gasteiger partial charge in [-0.15, -0.1) is 12.4 Å². The zero-order chi connectivity index (χ0) is 16.3. The normalized spacial score (nSPS) is 11.9. The molecule has 0 amide bonds. The minimum atomic E-state index is -0.712. The number of allylic oxidation sites excluding steroid dienone is 8. The van der Waals surface area contributed by atoms with E-state index in [2.05, 4.69) is 55.5 Å². The van der Waals surface area contributed by atoms with Crippen LogP contribution in [0.15, 0.2) is 48.6 Å². The van der Waals surface area contributed by atoms with Gasteiger partial charge in [-0.25, -0.2) is 0 Å². The first-order chi connectivity index (χ1) is 10.8. The number of rotatable bonds is 14. The van der Waals surface area contributed by atoms with Crippen molar-refractivity contribution in [2.24, 2.45) is 0 Å². The number of unbranched alkanes of at least 4 members (excludes halogenated alkanes) is 4. The van der Waals surface area contributed by atoms with E-state index in [9.17, 15) is 4.79 Å². The van der Waals surface area contributed by atoms with Crippen molar-refractivity contribution < 1.29 is 9.90 Å². The molecule has 0 saturated carbocycles. The van der Waals surface area contributed by atoms with Gasteiger partial charge in [-0.05, 0) is 44.9 Å². The molecule has 1 N–H and O–H groups in total. The third kappa shape index (κ3) is 23.1. The predicted molar refractivity (Wildman–Crippen MR) is 103 cm³/mol. The zero-order valence-corrected chi connectivity index (χ0v) is 15.3. The van der Waals surface area contributed by atoms with Crippen molar-refractivity contribution in [2.75, 3.05) is 0 Å². The molecule has 0 radical (unpaired) electrons. The Bertz CT molecular complexity index is 368. The van der Waals surface area contributed by atoms with Crippen molar-refractivity contribution in [1.82, 2.24) is 0 Å². The predicted octanol–water partition coefficient (Wildman–Crippen LogP) is 6.64. The molecule has 0 aromatic rings. The van der Waals surface area contributed by atoms with Crippen molar-refractivity contribution in [2.45, 2.75) is 71.1 Å². The number of aliphatic carboxylic acids is 1. The van der Waals surface area contributed by atoms with Crippen LogP contribution in [0.1, 0.15) is 71.1 Å². The minimum Gasteiger partial charge on any atom is -0.481 e. The number of hydrogen-bond donors (Lipinski definition) is 1. The molecule has 0 rings (SSSR count). The number of carbonyl (C=O) groups is 1. The molecule has 0 aromatic carbocycles. The van der Waals surface area contributed by atoms with Crippen molar-refractivity contribution in [3.8, 4) is 0 Å². The van der Waals surface area contributed by atoms with Crippen molar-refractivity contribution in [1.29, 1.82) is 0 Å². The van der Waals surface area contributed by atoms with Gasteiger partial charge in [0, 0.05) is 6.42 Å². The highest BCUT2D eigenvalue weighted by Gasteiger charge is 1.92. The molecule has 132 valence electrons. The fourth-order valence-electron chi connectivity index (χ4n) is 1.93. The summed E-state index contributed by atoms with van der Waals surface area (Å²) < 4.78 is 0. The highest BCUT2D eigenvalue weighted by Crippen LogP contribution is 2.01. The Balaban J connectivity index is 0. The molecule has 0 unspecified atom stereocenters. The van der Waals surface area contributed by atoms with Gasteiger partial charge in [0.2, 0.25) is 0 Å². The van der Waals surface area contributed by atoms with Crippen LogP contribution < -0.4 is 0 Å². The number of carboxylic acid groups (broad SMARTS) is 1. The summed E-state index contributed by atoms with van der Waals surface area (Å²) in [6.45, 7) is 2.23. The maximum absolute atomic E-state index is 10.3. The molecule has 0 saturated heterocycles. The van der Waals surface area contributed by atoms with Gasteiger partial charge in [0.05, 0.1) is 0 Å². The average Bonchev–Trinajstić information content (AvgIpc) is 2.50. The molecule has 0 spiro atoms. The highest BCUT2D eigenvalue weighted by atomic mass is 35.5. The Kier molecular flexibility index (Phi) is 21.6. The van der Waals surface area contributed by atoms with Gasteiger partial charge in [0.15, 0.2) is 0 Å². The molecule has 0 bridgehead atoms. The van der Waals surface area contributed by atoms with Crippen molar-refractivity contribution >= 4 is 18.4 Å². The quantitative estimate of drug-likeness (QED) is 0.284. The average molecular weight is 341 g/mol. The monoisotopic (exact) mass is 340 g/mol.